The smallest absolute Gasteiger partial charge is 0.229 e. The van der Waals surface area contributed by atoms with Crippen molar-refractivity contribution in [3.05, 3.63) is 0 Å². The van der Waals surface area contributed by atoms with Crippen LogP contribution in [-0.2, 0) is 23.4 Å². The lowest BCUT2D eigenvalue weighted by molar-refractivity contribution is -0.0589. The molecule has 0 aliphatic carbocycles. The number of hydrogen-bond acceptors (Lipinski definition) is 5. The van der Waals surface area contributed by atoms with Gasteiger partial charge in [-0.3, -0.25) is 0 Å². The molecule has 1 atom stereocenters. The Hall–Kier alpha value is -0.280. The molecular weight excluding hydrogens is 240 g/mol. The van der Waals surface area contributed by atoms with E-state index in [1.165, 1.54) is 0 Å². The van der Waals surface area contributed by atoms with E-state index in [4.69, 9.17) is 4.89 Å². The molecule has 0 rings (SSSR count). The number of halogens is 3. The molecule has 0 radical (unpaired) electrons. The van der Waals surface area contributed by atoms with Crippen LogP contribution in [-0.4, -0.2) is 25.6 Å². The molecule has 0 aliphatic rings. The Bertz CT molecular complexity index is 281. The van der Waals surface area contributed by atoms with E-state index < -0.39 is 30.7 Å². The van der Waals surface area contributed by atoms with E-state index in [-0.39, 0.29) is 0 Å². The van der Waals surface area contributed by atoms with Gasteiger partial charge in [0.25, 0.3) is 0 Å². The van der Waals surface area contributed by atoms with Crippen molar-refractivity contribution in [2.45, 2.75) is 5.51 Å². The summed E-state index contributed by atoms with van der Waals surface area (Å²) in [4.78, 5) is 7.88. The Morgan fingerprint density at radius 1 is 1.38 bits per heavy atom. The molecule has 1 N–H and O–H groups in total. The molecule has 0 fully saturated rings. The average Bonchev–Trinajstić information content (AvgIpc) is 1.82. The molecule has 0 spiro atoms. The van der Waals surface area contributed by atoms with Crippen molar-refractivity contribution in [1.82, 2.24) is 0 Å². The van der Waals surface area contributed by atoms with Gasteiger partial charge in [0.15, 0.2) is 0 Å². The Labute approximate surface area is 71.3 Å². The summed E-state index contributed by atoms with van der Waals surface area (Å²) in [5.41, 5.74) is -5.57. The molecule has 0 saturated heterocycles. The van der Waals surface area contributed by atoms with Crippen molar-refractivity contribution in [1.29, 1.82) is 0 Å². The summed E-state index contributed by atoms with van der Waals surface area (Å²) >= 11 is 0. The van der Waals surface area contributed by atoms with Crippen molar-refractivity contribution < 1.29 is 39.8 Å². The summed E-state index contributed by atoms with van der Waals surface area (Å²) < 4.78 is 70.8. The zero-order valence-electron chi connectivity index (χ0n) is 5.68. The maximum atomic E-state index is 11.5. The first kappa shape index (κ1) is 12.7. The van der Waals surface area contributed by atoms with Gasteiger partial charge in [0.1, 0.15) is 0 Å². The van der Waals surface area contributed by atoms with Crippen LogP contribution in [0.2, 0.25) is 0 Å². The van der Waals surface area contributed by atoms with Crippen molar-refractivity contribution in [2.24, 2.45) is 0 Å². The van der Waals surface area contributed by atoms with Gasteiger partial charge in [-0.15, -0.1) is 4.89 Å². The minimum Gasteiger partial charge on any atom is -0.229 e. The molecule has 0 aliphatic heterocycles. The SMILES string of the molecule is O=[P+](O)OCOS(=O)(=O)C(F)(F)F. The molecule has 11 heteroatoms. The van der Waals surface area contributed by atoms with Gasteiger partial charge in [-0.25, -0.2) is 4.18 Å². The monoisotopic (exact) mass is 243 g/mol. The fourth-order valence-corrected chi connectivity index (χ4v) is 0.719. The first-order valence-corrected chi connectivity index (χ1v) is 4.95. The molecule has 13 heavy (non-hydrogen) atoms. The number of rotatable bonds is 4. The fourth-order valence-electron chi connectivity index (χ4n) is 0.197. The molecule has 0 bridgehead atoms. The second-order valence-electron chi connectivity index (χ2n) is 1.50. The third kappa shape index (κ3) is 4.48. The molecule has 0 heterocycles. The maximum absolute atomic E-state index is 11.5. The lowest BCUT2D eigenvalue weighted by Gasteiger charge is -2.04. The van der Waals surface area contributed by atoms with Crippen LogP contribution >= 0.6 is 8.25 Å². The second-order valence-corrected chi connectivity index (χ2v) is 3.84. The summed E-state index contributed by atoms with van der Waals surface area (Å²) in [6, 6.07) is 0. The van der Waals surface area contributed by atoms with Crippen LogP contribution in [0.25, 0.3) is 0 Å². The normalized spacial score (nSPS) is 14.3. The third-order valence-corrected chi connectivity index (χ3v) is 1.95. The zero-order chi connectivity index (χ0) is 10.7. The van der Waals surface area contributed by atoms with Gasteiger partial charge in [-0.1, -0.05) is 4.52 Å². The van der Waals surface area contributed by atoms with Gasteiger partial charge in [0.2, 0.25) is 6.79 Å². The molecule has 0 saturated carbocycles. The quantitative estimate of drug-likeness (QED) is 0.334. The standard InChI is InChI=1S/C2H2F3O6PS/c3-2(4,5)13(8,9)11-1-10-12(6)7/h1H2/p+1. The first-order valence-electron chi connectivity index (χ1n) is 2.41. The molecule has 0 amide bonds. The maximum Gasteiger partial charge on any atom is 0.697 e. The van der Waals surface area contributed by atoms with Gasteiger partial charge in [-0.2, -0.15) is 21.6 Å². The lowest BCUT2D eigenvalue weighted by atomic mass is 11.5. The van der Waals surface area contributed by atoms with Crippen LogP contribution in [0.5, 0.6) is 0 Å². The summed E-state index contributed by atoms with van der Waals surface area (Å²) in [6.45, 7) is -1.46. The minimum atomic E-state index is -5.76. The van der Waals surface area contributed by atoms with E-state index in [1.54, 1.807) is 0 Å². The Kier molecular flexibility index (Phi) is 4.20. The second kappa shape index (κ2) is 4.29. The molecular formula is C2H3F3O6PS+. The van der Waals surface area contributed by atoms with Gasteiger partial charge < -0.3 is 0 Å². The Balaban J connectivity index is 4.15. The molecule has 78 valence electrons. The summed E-state index contributed by atoms with van der Waals surface area (Å²) in [7, 11) is -8.95. The zero-order valence-corrected chi connectivity index (χ0v) is 7.40. The van der Waals surface area contributed by atoms with Crippen LogP contribution < -0.4 is 0 Å². The van der Waals surface area contributed by atoms with E-state index in [0.717, 1.165) is 0 Å². The Morgan fingerprint density at radius 3 is 2.15 bits per heavy atom. The molecule has 6 nitrogen and oxygen atoms in total. The molecule has 1 unspecified atom stereocenters. The van der Waals surface area contributed by atoms with Gasteiger partial charge in [0, 0.05) is 4.57 Å². The summed E-state index contributed by atoms with van der Waals surface area (Å²) in [5, 5.41) is 0. The van der Waals surface area contributed by atoms with Crippen molar-refractivity contribution in [3.63, 3.8) is 0 Å². The van der Waals surface area contributed by atoms with E-state index in [9.17, 15) is 26.2 Å². The predicted molar refractivity (Wildman–Crippen MR) is 31.8 cm³/mol. The van der Waals surface area contributed by atoms with E-state index in [0.29, 0.717) is 0 Å². The van der Waals surface area contributed by atoms with Crippen LogP contribution in [0.4, 0.5) is 13.2 Å². The van der Waals surface area contributed by atoms with Crippen LogP contribution in [0, 0.1) is 0 Å². The third-order valence-electron chi connectivity index (χ3n) is 0.650. The minimum absolute atomic E-state index is 1.46. The van der Waals surface area contributed by atoms with E-state index in [2.05, 4.69) is 8.71 Å². The van der Waals surface area contributed by atoms with Crippen molar-refractivity contribution >= 4 is 18.4 Å². The van der Waals surface area contributed by atoms with E-state index in [1.807, 2.05) is 0 Å². The molecule has 0 aromatic carbocycles. The first-order chi connectivity index (χ1) is 5.67. The predicted octanol–water partition coefficient (Wildman–Crippen LogP) is 0.476. The van der Waals surface area contributed by atoms with Crippen LogP contribution in [0.15, 0.2) is 0 Å². The average molecular weight is 243 g/mol. The fraction of sp³-hybridized carbons (Fsp3) is 1.00. The highest BCUT2D eigenvalue weighted by Crippen LogP contribution is 2.25. The topological polar surface area (TPSA) is 89.9 Å². The largest absolute Gasteiger partial charge is 0.697 e. The van der Waals surface area contributed by atoms with Gasteiger partial charge in [-0.05, 0) is 0 Å². The summed E-state index contributed by atoms with van der Waals surface area (Å²) in [6.07, 6.45) is 0. The lowest BCUT2D eigenvalue weighted by Crippen LogP contribution is -2.26. The highest BCUT2D eigenvalue weighted by Gasteiger charge is 2.47. The van der Waals surface area contributed by atoms with E-state index >= 15 is 0 Å². The summed E-state index contributed by atoms with van der Waals surface area (Å²) in [5.74, 6) is 0. The van der Waals surface area contributed by atoms with Crippen molar-refractivity contribution in [3.8, 4) is 0 Å². The highest BCUT2D eigenvalue weighted by atomic mass is 32.2. The van der Waals surface area contributed by atoms with Crippen molar-refractivity contribution in [2.75, 3.05) is 6.79 Å². The highest BCUT2D eigenvalue weighted by molar-refractivity contribution is 7.87. The van der Waals surface area contributed by atoms with Gasteiger partial charge in [0.05, 0.1) is 0 Å². The van der Waals surface area contributed by atoms with Crippen LogP contribution in [0.1, 0.15) is 0 Å². The van der Waals surface area contributed by atoms with Gasteiger partial charge >= 0.3 is 23.9 Å². The number of hydrogen-bond donors (Lipinski definition) is 1. The molecule has 0 aromatic rings. The molecule has 0 aromatic heterocycles. The van der Waals surface area contributed by atoms with Crippen LogP contribution in [0.3, 0.4) is 0 Å². The number of alkyl halides is 3. The Morgan fingerprint density at radius 2 is 1.85 bits per heavy atom.